The fourth-order valence-corrected chi connectivity index (χ4v) is 5.58. The lowest BCUT2D eigenvalue weighted by molar-refractivity contribution is 0.0762. The van der Waals surface area contributed by atoms with Crippen molar-refractivity contribution in [1.29, 1.82) is 0 Å². The number of amides is 1. The molecule has 8 heteroatoms. The first kappa shape index (κ1) is 20.2. The van der Waals surface area contributed by atoms with Gasteiger partial charge in [0.1, 0.15) is 5.56 Å². The first-order valence-electron chi connectivity index (χ1n) is 9.57. The van der Waals surface area contributed by atoms with Crippen molar-refractivity contribution in [1.82, 2.24) is 4.90 Å². The van der Waals surface area contributed by atoms with Gasteiger partial charge in [-0.2, -0.15) is 0 Å². The van der Waals surface area contributed by atoms with Gasteiger partial charge in [-0.15, -0.1) is 0 Å². The monoisotopic (exact) mass is 427 g/mol. The van der Waals surface area contributed by atoms with Crippen LogP contribution in [0.1, 0.15) is 27.6 Å². The van der Waals surface area contributed by atoms with E-state index >= 15 is 0 Å². The average Bonchev–Trinajstić information content (AvgIpc) is 2.91. The molecule has 30 heavy (non-hydrogen) atoms. The van der Waals surface area contributed by atoms with Crippen LogP contribution >= 0.6 is 0 Å². The van der Waals surface area contributed by atoms with Crippen LogP contribution < -0.4 is 10.4 Å². The number of fused-ring (bicyclic) bond motifs is 1. The number of carbonyl (C=O) groups excluding carboxylic acids is 1. The number of methoxy groups -OCH3 is 1. The predicted molar refractivity (Wildman–Crippen MR) is 113 cm³/mol. The number of para-hydroxylation sites is 1. The van der Waals surface area contributed by atoms with Crippen LogP contribution in [-0.4, -0.2) is 45.2 Å². The third-order valence-electron chi connectivity index (χ3n) is 5.37. The topological polar surface area (TPSA) is 93.9 Å². The largest absolute Gasteiger partial charge is 0.493 e. The summed E-state index contributed by atoms with van der Waals surface area (Å²) in [6, 6.07) is 15.6. The summed E-state index contributed by atoms with van der Waals surface area (Å²) in [4.78, 5) is 27.0. The summed E-state index contributed by atoms with van der Waals surface area (Å²) in [7, 11) is -1.96. The van der Waals surface area contributed by atoms with E-state index in [2.05, 4.69) is 0 Å². The molecule has 1 aliphatic heterocycles. The van der Waals surface area contributed by atoms with Gasteiger partial charge in [0.15, 0.2) is 21.2 Å². The molecule has 0 N–H and O–H groups in total. The molecule has 1 aliphatic rings. The smallest absolute Gasteiger partial charge is 0.349 e. The highest BCUT2D eigenvalue weighted by Gasteiger charge is 2.33. The number of ether oxygens (including phenoxy) is 1. The van der Waals surface area contributed by atoms with Crippen molar-refractivity contribution in [3.05, 3.63) is 76.1 Å². The van der Waals surface area contributed by atoms with Gasteiger partial charge in [0.05, 0.1) is 18.1 Å². The zero-order chi connectivity index (χ0) is 21.3. The standard InChI is InChI=1S/C22H21NO6S/c1-28-18-9-5-8-16-14-17(22(25)29-20(16)18)21(24)23-11-10-19(30(26,27)13-12-23)15-6-3-2-4-7-15/h2-9,14,19H,10-13H2,1H3. The Morgan fingerprint density at radius 3 is 2.60 bits per heavy atom. The second-order valence-electron chi connectivity index (χ2n) is 7.17. The van der Waals surface area contributed by atoms with Crippen molar-refractivity contribution in [3.8, 4) is 5.75 Å². The van der Waals surface area contributed by atoms with Crippen LogP contribution in [0.4, 0.5) is 0 Å². The minimum Gasteiger partial charge on any atom is -0.493 e. The number of hydrogen-bond donors (Lipinski definition) is 0. The van der Waals surface area contributed by atoms with Gasteiger partial charge in [0.25, 0.3) is 5.91 Å². The van der Waals surface area contributed by atoms with Crippen molar-refractivity contribution in [2.45, 2.75) is 11.7 Å². The molecule has 7 nitrogen and oxygen atoms in total. The van der Waals surface area contributed by atoms with E-state index in [0.29, 0.717) is 16.7 Å². The van der Waals surface area contributed by atoms with Crippen LogP contribution in [0.5, 0.6) is 5.75 Å². The van der Waals surface area contributed by atoms with E-state index in [1.165, 1.54) is 18.1 Å². The number of rotatable bonds is 3. The highest BCUT2D eigenvalue weighted by atomic mass is 32.2. The number of nitrogens with zero attached hydrogens (tertiary/aromatic N) is 1. The summed E-state index contributed by atoms with van der Waals surface area (Å²) in [5.41, 5.74) is 0.0864. The second kappa shape index (κ2) is 7.95. The van der Waals surface area contributed by atoms with Crippen molar-refractivity contribution in [3.63, 3.8) is 0 Å². The lowest BCUT2D eigenvalue weighted by atomic mass is 10.1. The van der Waals surface area contributed by atoms with E-state index in [4.69, 9.17) is 9.15 Å². The fraction of sp³-hybridized carbons (Fsp3) is 0.273. The number of benzene rings is 2. The predicted octanol–water partition coefficient (Wildman–Crippen LogP) is 2.80. The maximum absolute atomic E-state index is 13.1. The lowest BCUT2D eigenvalue weighted by Gasteiger charge is -2.19. The maximum Gasteiger partial charge on any atom is 0.349 e. The number of sulfone groups is 1. The Kier molecular flexibility index (Phi) is 5.34. The highest BCUT2D eigenvalue weighted by molar-refractivity contribution is 7.91. The Hall–Kier alpha value is -3.13. The Morgan fingerprint density at radius 1 is 1.10 bits per heavy atom. The van der Waals surface area contributed by atoms with E-state index in [-0.39, 0.29) is 36.4 Å². The molecule has 156 valence electrons. The van der Waals surface area contributed by atoms with Gasteiger partial charge in [-0.3, -0.25) is 4.79 Å². The molecule has 1 aromatic heterocycles. The Labute approximate surface area is 173 Å². The van der Waals surface area contributed by atoms with Gasteiger partial charge >= 0.3 is 5.63 Å². The molecule has 0 aliphatic carbocycles. The summed E-state index contributed by atoms with van der Waals surface area (Å²) in [5.74, 6) is -0.294. The van der Waals surface area contributed by atoms with Crippen LogP contribution in [0.3, 0.4) is 0 Å². The summed E-state index contributed by atoms with van der Waals surface area (Å²) in [6.07, 6.45) is 0.269. The van der Waals surface area contributed by atoms with E-state index in [1.807, 2.05) is 6.07 Å². The van der Waals surface area contributed by atoms with Crippen LogP contribution in [0.2, 0.25) is 0 Å². The molecule has 0 spiro atoms. The molecule has 1 fully saturated rings. The molecule has 3 aromatic rings. The molecule has 1 atom stereocenters. The van der Waals surface area contributed by atoms with E-state index in [1.54, 1.807) is 42.5 Å². The fourth-order valence-electron chi connectivity index (χ4n) is 3.79. The summed E-state index contributed by atoms with van der Waals surface area (Å²) < 4.78 is 36.1. The summed E-state index contributed by atoms with van der Waals surface area (Å²) in [6.45, 7) is 0.257. The minimum absolute atomic E-state index is 0.0279. The molecule has 1 amide bonds. The van der Waals surface area contributed by atoms with Crippen molar-refractivity contribution in [2.75, 3.05) is 26.0 Å². The quantitative estimate of drug-likeness (QED) is 0.597. The lowest BCUT2D eigenvalue weighted by Crippen LogP contribution is -2.36. The van der Waals surface area contributed by atoms with E-state index in [0.717, 1.165) is 0 Å². The summed E-state index contributed by atoms with van der Waals surface area (Å²) >= 11 is 0. The van der Waals surface area contributed by atoms with Crippen molar-refractivity contribution < 1.29 is 22.4 Å². The molecule has 2 heterocycles. The zero-order valence-corrected chi connectivity index (χ0v) is 17.2. The molecule has 0 radical (unpaired) electrons. The molecule has 4 rings (SSSR count). The van der Waals surface area contributed by atoms with Gasteiger partial charge in [-0.25, -0.2) is 13.2 Å². The normalized spacial score (nSPS) is 18.7. The van der Waals surface area contributed by atoms with Crippen molar-refractivity contribution in [2.24, 2.45) is 0 Å². The second-order valence-corrected chi connectivity index (χ2v) is 9.48. The Bertz CT molecular complexity index is 1250. The Balaban J connectivity index is 1.64. The Morgan fingerprint density at radius 2 is 1.87 bits per heavy atom. The van der Waals surface area contributed by atoms with E-state index < -0.39 is 26.6 Å². The van der Waals surface area contributed by atoms with Crippen molar-refractivity contribution >= 4 is 26.7 Å². The molecular weight excluding hydrogens is 406 g/mol. The van der Waals surface area contributed by atoms with Crippen LogP contribution in [0, 0.1) is 0 Å². The molecule has 2 aromatic carbocycles. The van der Waals surface area contributed by atoms with Gasteiger partial charge in [0.2, 0.25) is 0 Å². The average molecular weight is 427 g/mol. The van der Waals surface area contributed by atoms with Crippen LogP contribution in [0.25, 0.3) is 11.0 Å². The van der Waals surface area contributed by atoms with Gasteiger partial charge in [-0.05, 0) is 24.1 Å². The third kappa shape index (κ3) is 3.70. The molecular formula is C22H21NO6S. The van der Waals surface area contributed by atoms with Crippen LogP contribution in [-0.2, 0) is 9.84 Å². The van der Waals surface area contributed by atoms with E-state index in [9.17, 15) is 18.0 Å². The van der Waals surface area contributed by atoms with Gasteiger partial charge < -0.3 is 14.1 Å². The SMILES string of the molecule is COc1cccc2cc(C(=O)N3CCC(c4ccccc4)S(=O)(=O)CC3)c(=O)oc12. The molecule has 0 saturated carbocycles. The highest BCUT2D eigenvalue weighted by Crippen LogP contribution is 2.30. The van der Waals surface area contributed by atoms with Crippen LogP contribution in [0.15, 0.2) is 63.8 Å². The zero-order valence-electron chi connectivity index (χ0n) is 16.4. The third-order valence-corrected chi connectivity index (χ3v) is 7.50. The minimum atomic E-state index is -3.43. The molecule has 0 bridgehead atoms. The molecule has 1 saturated heterocycles. The number of carbonyl (C=O) groups is 1. The first-order chi connectivity index (χ1) is 14.4. The van der Waals surface area contributed by atoms with Gasteiger partial charge in [-0.1, -0.05) is 42.5 Å². The summed E-state index contributed by atoms with van der Waals surface area (Å²) in [5, 5.41) is -0.115. The van der Waals surface area contributed by atoms with Gasteiger partial charge in [0, 0.05) is 18.5 Å². The molecule has 1 unspecified atom stereocenters. The first-order valence-corrected chi connectivity index (χ1v) is 11.3. The number of hydrogen-bond acceptors (Lipinski definition) is 6. The maximum atomic E-state index is 13.1.